The predicted molar refractivity (Wildman–Crippen MR) is 161 cm³/mol. The van der Waals surface area contributed by atoms with Gasteiger partial charge in [-0.05, 0) is 82.7 Å². The number of allylic oxidation sites excluding steroid dienone is 1. The molecule has 1 saturated heterocycles. The summed E-state index contributed by atoms with van der Waals surface area (Å²) in [6, 6.07) is 10.7. The minimum atomic E-state index is -0.700. The van der Waals surface area contributed by atoms with Crippen LogP contribution >= 0.6 is 11.3 Å². The van der Waals surface area contributed by atoms with Crippen molar-refractivity contribution < 1.29 is 19.1 Å². The fourth-order valence-corrected chi connectivity index (χ4v) is 6.63. The number of nitrogens with zero attached hydrogens (tertiary/aromatic N) is 4. The van der Waals surface area contributed by atoms with E-state index in [9.17, 15) is 19.6 Å². The molecule has 2 fully saturated rings. The van der Waals surface area contributed by atoms with Crippen molar-refractivity contribution in [1.82, 2.24) is 15.2 Å². The van der Waals surface area contributed by atoms with Gasteiger partial charge in [-0.2, -0.15) is 5.26 Å². The molecule has 1 atom stereocenters. The largest absolute Gasteiger partial charge is 0.491 e. The Morgan fingerprint density at radius 3 is 2.71 bits per heavy atom. The second-order valence-electron chi connectivity index (χ2n) is 11.6. The van der Waals surface area contributed by atoms with Gasteiger partial charge in [0.2, 0.25) is 0 Å². The van der Waals surface area contributed by atoms with Crippen LogP contribution in [0.2, 0.25) is 0 Å². The number of amides is 4. The monoisotopic (exact) mass is 584 g/mol. The average molecular weight is 585 g/mol. The van der Waals surface area contributed by atoms with Crippen molar-refractivity contribution in [2.24, 2.45) is 5.92 Å². The van der Waals surface area contributed by atoms with Gasteiger partial charge in [0.05, 0.1) is 34.1 Å². The van der Waals surface area contributed by atoms with Crippen molar-refractivity contribution >= 4 is 56.5 Å². The Morgan fingerprint density at radius 1 is 1.26 bits per heavy atom. The first-order chi connectivity index (χ1) is 20.2. The van der Waals surface area contributed by atoms with E-state index in [0.29, 0.717) is 69.8 Å². The van der Waals surface area contributed by atoms with Crippen molar-refractivity contribution in [2.75, 3.05) is 23.3 Å². The normalized spacial score (nSPS) is 20.4. The van der Waals surface area contributed by atoms with Gasteiger partial charge in [-0.3, -0.25) is 14.5 Å². The molecule has 11 heteroatoms. The molecule has 1 unspecified atom stereocenters. The highest BCUT2D eigenvalue weighted by atomic mass is 32.1. The Morgan fingerprint density at radius 2 is 2.02 bits per heavy atom. The van der Waals surface area contributed by atoms with Crippen LogP contribution in [0.4, 0.5) is 21.9 Å². The topological polar surface area (TPSA) is 128 Å². The van der Waals surface area contributed by atoms with Crippen LogP contribution in [0.15, 0.2) is 48.2 Å². The molecule has 0 spiro atoms. The first-order valence-corrected chi connectivity index (χ1v) is 15.0. The van der Waals surface area contributed by atoms with Gasteiger partial charge in [-0.15, -0.1) is 11.3 Å². The van der Waals surface area contributed by atoms with E-state index >= 15 is 0 Å². The Bertz CT molecular complexity index is 1650. The zero-order valence-electron chi connectivity index (χ0n) is 23.8. The van der Waals surface area contributed by atoms with Crippen molar-refractivity contribution in [3.8, 4) is 11.8 Å². The molecule has 4 amide bonds. The summed E-state index contributed by atoms with van der Waals surface area (Å²) in [5.74, 6) is 0.396. The zero-order valence-corrected chi connectivity index (χ0v) is 24.6. The first-order valence-electron chi connectivity index (χ1n) is 14.2. The van der Waals surface area contributed by atoms with Crippen LogP contribution < -0.4 is 20.3 Å². The standard InChI is InChI=1S/C31H32N6O4S/c1-18(2)41-22-9-7-21(8-10-22)37-23-11-13-33-28-24(23)25(34-30(37)40)26(42-28)27(38)35-31(3)12-4-14-36(17-31)29(39)20(16-32)15-19-5-6-19/h7-11,13,15,18-19H,4-6,12,14,17H2,1-3H3,(H,34,40)(H,35,38)/b20-15+. The van der Waals surface area contributed by atoms with E-state index in [4.69, 9.17) is 4.74 Å². The van der Waals surface area contributed by atoms with Crippen LogP contribution in [0.3, 0.4) is 0 Å². The number of thiophene rings is 1. The molecular weight excluding hydrogens is 552 g/mol. The Labute approximate surface area is 248 Å². The second kappa shape index (κ2) is 10.8. The minimum absolute atomic E-state index is 0.0329. The Balaban J connectivity index is 1.25. The summed E-state index contributed by atoms with van der Waals surface area (Å²) in [6.45, 7) is 6.64. The van der Waals surface area contributed by atoms with E-state index in [2.05, 4.69) is 21.7 Å². The number of carbonyl (C=O) groups excluding carboxylic acids is 3. The highest BCUT2D eigenvalue weighted by molar-refractivity contribution is 7.21. The Hall–Kier alpha value is -4.43. The molecule has 6 rings (SSSR count). The lowest BCUT2D eigenvalue weighted by Crippen LogP contribution is -2.58. The number of ether oxygens (including phenoxy) is 1. The summed E-state index contributed by atoms with van der Waals surface area (Å²) < 4.78 is 5.74. The van der Waals surface area contributed by atoms with Gasteiger partial charge < -0.3 is 20.3 Å². The number of benzene rings is 1. The van der Waals surface area contributed by atoms with E-state index in [1.165, 1.54) is 11.3 Å². The van der Waals surface area contributed by atoms with Crippen LogP contribution in [-0.4, -0.2) is 52.5 Å². The van der Waals surface area contributed by atoms with Gasteiger partial charge in [0.25, 0.3) is 11.8 Å². The molecule has 1 aliphatic carbocycles. The summed E-state index contributed by atoms with van der Waals surface area (Å²) in [7, 11) is 0. The number of aromatic nitrogens is 1. The molecule has 0 radical (unpaired) electrons. The number of nitriles is 1. The van der Waals surface area contributed by atoms with Gasteiger partial charge >= 0.3 is 6.03 Å². The lowest BCUT2D eigenvalue weighted by Gasteiger charge is -2.41. The van der Waals surface area contributed by atoms with E-state index in [-0.39, 0.29) is 29.5 Å². The molecule has 3 aliphatic rings. The lowest BCUT2D eigenvalue weighted by atomic mass is 9.90. The number of pyridine rings is 1. The zero-order chi connectivity index (χ0) is 29.6. The lowest BCUT2D eigenvalue weighted by molar-refractivity contribution is -0.129. The number of nitrogens with one attached hydrogen (secondary N) is 2. The maximum Gasteiger partial charge on any atom is 0.331 e. The summed E-state index contributed by atoms with van der Waals surface area (Å²) >= 11 is 1.22. The number of urea groups is 1. The van der Waals surface area contributed by atoms with Gasteiger partial charge in [-0.1, -0.05) is 6.08 Å². The summed E-state index contributed by atoms with van der Waals surface area (Å²) in [5, 5.41) is 16.3. The van der Waals surface area contributed by atoms with Gasteiger partial charge in [-0.25, -0.2) is 9.78 Å². The third kappa shape index (κ3) is 5.30. The predicted octanol–water partition coefficient (Wildman–Crippen LogP) is 5.74. The highest BCUT2D eigenvalue weighted by Gasteiger charge is 2.38. The quantitative estimate of drug-likeness (QED) is 0.269. The molecule has 2 N–H and O–H groups in total. The molecule has 1 aromatic carbocycles. The Kier molecular flexibility index (Phi) is 7.10. The molecule has 3 aromatic rings. The molecule has 2 aromatic heterocycles. The summed E-state index contributed by atoms with van der Waals surface area (Å²) in [5.41, 5.74) is 1.21. The number of piperidine rings is 1. The van der Waals surface area contributed by atoms with E-state index in [1.54, 1.807) is 28.1 Å². The minimum Gasteiger partial charge on any atom is -0.491 e. The molecule has 0 bridgehead atoms. The fraction of sp³-hybridized carbons (Fsp3) is 0.387. The van der Waals surface area contributed by atoms with Crippen molar-refractivity contribution in [1.29, 1.82) is 5.26 Å². The van der Waals surface area contributed by atoms with Crippen LogP contribution in [0, 0.1) is 17.2 Å². The number of anilines is 3. The van der Waals surface area contributed by atoms with Gasteiger partial charge in [0, 0.05) is 19.3 Å². The number of hydrogen-bond acceptors (Lipinski definition) is 7. The molecule has 10 nitrogen and oxygen atoms in total. The third-order valence-electron chi connectivity index (χ3n) is 7.69. The van der Waals surface area contributed by atoms with Crippen LogP contribution in [-0.2, 0) is 4.79 Å². The molecule has 2 aliphatic heterocycles. The SMILES string of the molecule is CC(C)Oc1ccc(N2C(=O)Nc3c(C(=O)NC4(C)CCCN(C(=O)/C(C#N)=C/C5CC5)C4)sc4nccc2c34)cc1. The maximum atomic E-state index is 13.7. The molecule has 4 heterocycles. The average Bonchev–Trinajstić information content (AvgIpc) is 3.70. The van der Waals surface area contributed by atoms with Crippen LogP contribution in [0.5, 0.6) is 5.75 Å². The maximum absolute atomic E-state index is 13.7. The van der Waals surface area contributed by atoms with Crippen molar-refractivity contribution in [3.05, 3.63) is 53.1 Å². The van der Waals surface area contributed by atoms with E-state index < -0.39 is 5.54 Å². The third-order valence-corrected chi connectivity index (χ3v) is 8.79. The van der Waals surface area contributed by atoms with Crippen molar-refractivity contribution in [3.63, 3.8) is 0 Å². The van der Waals surface area contributed by atoms with Gasteiger partial charge in [0.1, 0.15) is 27.1 Å². The van der Waals surface area contributed by atoms with Crippen LogP contribution in [0.1, 0.15) is 56.1 Å². The summed E-state index contributed by atoms with van der Waals surface area (Å²) in [6.07, 6.45) is 6.83. The number of rotatable bonds is 7. The molecular formula is C31H32N6O4S. The van der Waals surface area contributed by atoms with Gasteiger partial charge in [0.15, 0.2) is 0 Å². The van der Waals surface area contributed by atoms with E-state index in [0.717, 1.165) is 12.8 Å². The second-order valence-corrected chi connectivity index (χ2v) is 12.6. The molecule has 216 valence electrons. The van der Waals surface area contributed by atoms with Crippen molar-refractivity contribution in [2.45, 2.75) is 58.1 Å². The summed E-state index contributed by atoms with van der Waals surface area (Å²) in [4.78, 5) is 49.0. The molecule has 1 saturated carbocycles. The number of hydrogen-bond donors (Lipinski definition) is 2. The fourth-order valence-electron chi connectivity index (χ4n) is 5.62. The number of likely N-dealkylation sites (tertiary alicyclic amines) is 1. The first kappa shape index (κ1) is 27.7. The smallest absolute Gasteiger partial charge is 0.331 e. The van der Waals surface area contributed by atoms with Crippen LogP contribution in [0.25, 0.3) is 10.2 Å². The van der Waals surface area contributed by atoms with E-state index in [1.807, 2.05) is 45.0 Å². The highest BCUT2D eigenvalue weighted by Crippen LogP contribution is 2.46. The number of carbonyl (C=O) groups is 3. The molecule has 42 heavy (non-hydrogen) atoms.